The number of rotatable bonds is 13. The van der Waals surface area contributed by atoms with Crippen LogP contribution < -0.4 is 10.6 Å². The predicted molar refractivity (Wildman–Crippen MR) is 146 cm³/mol. The fourth-order valence-corrected chi connectivity index (χ4v) is 4.62. The van der Waals surface area contributed by atoms with Crippen LogP contribution >= 0.6 is 35.0 Å². The summed E-state index contributed by atoms with van der Waals surface area (Å²) in [4.78, 5) is 29.5. The number of pyridine rings is 1. The van der Waals surface area contributed by atoms with Gasteiger partial charge in [-0.2, -0.15) is 26.3 Å². The molecule has 0 aliphatic carbocycles. The zero-order chi connectivity index (χ0) is 26.9. The predicted octanol–water partition coefficient (Wildman–Crippen LogP) is 4.89. The molecule has 3 N–H and O–H groups in total. The van der Waals surface area contributed by atoms with Crippen molar-refractivity contribution in [2.45, 2.75) is 57.0 Å². The molecule has 3 heterocycles. The largest absolute Gasteiger partial charge is 0.339 e. The number of aryl methyl sites for hydroxylation is 3. The van der Waals surface area contributed by atoms with E-state index in [9.17, 15) is 14.0 Å². The van der Waals surface area contributed by atoms with E-state index in [-0.39, 0.29) is 17.8 Å². The van der Waals surface area contributed by atoms with Crippen LogP contribution in [0.25, 0.3) is 11.1 Å². The Morgan fingerprint density at radius 2 is 1.97 bits per heavy atom. The average molecular weight is 571 g/mol. The van der Waals surface area contributed by atoms with Gasteiger partial charge in [0.2, 0.25) is 11.9 Å². The summed E-state index contributed by atoms with van der Waals surface area (Å²) in [6, 6.07) is 3.73. The summed E-state index contributed by atoms with van der Waals surface area (Å²) in [7, 11) is 0. The molecule has 0 bridgehead atoms. The highest BCUT2D eigenvalue weighted by Gasteiger charge is 2.24. The van der Waals surface area contributed by atoms with Gasteiger partial charge in [0, 0.05) is 29.6 Å². The van der Waals surface area contributed by atoms with Gasteiger partial charge in [0.05, 0.1) is 5.69 Å². The van der Waals surface area contributed by atoms with Crippen LogP contribution in [0.4, 0.5) is 10.2 Å². The van der Waals surface area contributed by atoms with Gasteiger partial charge in [-0.05, 0) is 69.7 Å². The minimum absolute atomic E-state index is 0.0268. The van der Waals surface area contributed by atoms with Gasteiger partial charge in [-0.15, -0.1) is 23.2 Å². The van der Waals surface area contributed by atoms with Crippen molar-refractivity contribution < 1.29 is 14.0 Å². The van der Waals surface area contributed by atoms with Crippen molar-refractivity contribution in [2.75, 3.05) is 17.3 Å². The summed E-state index contributed by atoms with van der Waals surface area (Å²) in [5.41, 5.74) is 2.60. The molecule has 3 aromatic heterocycles. The van der Waals surface area contributed by atoms with Crippen LogP contribution in [0.5, 0.6) is 0 Å². The van der Waals surface area contributed by atoms with Gasteiger partial charge >= 0.3 is 0 Å². The van der Waals surface area contributed by atoms with Crippen molar-refractivity contribution in [3.63, 3.8) is 0 Å². The molecule has 3 rings (SSSR count). The number of hydrogen-bond acceptors (Lipinski definition) is 6. The van der Waals surface area contributed by atoms with Gasteiger partial charge in [-0.25, -0.2) is 4.98 Å². The van der Waals surface area contributed by atoms with Crippen LogP contribution in [0.15, 0.2) is 24.4 Å². The Bertz CT molecular complexity index is 1200. The lowest BCUT2D eigenvalue weighted by Gasteiger charge is -2.19. The second-order valence-electron chi connectivity index (χ2n) is 8.47. The van der Waals surface area contributed by atoms with Gasteiger partial charge in [-0.3, -0.25) is 19.4 Å². The van der Waals surface area contributed by atoms with Crippen LogP contribution in [-0.4, -0.2) is 59.7 Å². The number of thioether (sulfide) groups is 1. The van der Waals surface area contributed by atoms with Crippen molar-refractivity contribution in [2.24, 2.45) is 0 Å². The first-order chi connectivity index (χ1) is 17.7. The number of carbonyl (C=O) groups is 2. The normalized spacial score (nSPS) is 12.1. The molecular formula is C24H30Cl2FN7O2S. The quantitative estimate of drug-likeness (QED) is 0.153. The highest BCUT2D eigenvalue weighted by molar-refractivity contribution is 7.98. The number of hydrogen-bond donors (Lipinski definition) is 3. The Hall–Kier alpha value is -2.63. The molecule has 3 aromatic rings. The summed E-state index contributed by atoms with van der Waals surface area (Å²) in [5, 5.41) is 16.5. The molecule has 0 unspecified atom stereocenters. The average Bonchev–Trinajstić information content (AvgIpc) is 3.45. The van der Waals surface area contributed by atoms with Gasteiger partial charge in [0.1, 0.15) is 22.4 Å². The molecule has 0 aromatic carbocycles. The Morgan fingerprint density at radius 1 is 1.19 bits per heavy atom. The number of anilines is 1. The highest BCUT2D eigenvalue weighted by atomic mass is 35.5. The number of H-pyrrole nitrogens is 1. The van der Waals surface area contributed by atoms with E-state index < -0.39 is 28.6 Å². The first-order valence-electron chi connectivity index (χ1n) is 11.8. The van der Waals surface area contributed by atoms with Crippen LogP contribution in [0.3, 0.4) is 0 Å². The lowest BCUT2D eigenvalue weighted by Crippen LogP contribution is -2.44. The van der Waals surface area contributed by atoms with E-state index in [1.807, 2.05) is 6.26 Å². The van der Waals surface area contributed by atoms with Gasteiger partial charge in [-0.1, -0.05) is 0 Å². The number of nitrogens with zero attached hydrogens (tertiary/aromatic N) is 4. The van der Waals surface area contributed by atoms with Crippen molar-refractivity contribution in [1.82, 2.24) is 30.3 Å². The van der Waals surface area contributed by atoms with Gasteiger partial charge in [0.15, 0.2) is 0 Å². The zero-order valence-corrected chi connectivity index (χ0v) is 23.2. The molecule has 0 radical (unpaired) electrons. The fourth-order valence-electron chi connectivity index (χ4n) is 3.89. The number of halogens is 3. The lowest BCUT2D eigenvalue weighted by molar-refractivity contribution is -0.118. The van der Waals surface area contributed by atoms with Gasteiger partial charge in [0.25, 0.3) is 5.91 Å². The Labute approximate surface area is 229 Å². The number of aromatic nitrogens is 5. The lowest BCUT2D eigenvalue weighted by atomic mass is 10.1. The Balaban J connectivity index is 1.74. The van der Waals surface area contributed by atoms with E-state index in [4.69, 9.17) is 23.2 Å². The van der Waals surface area contributed by atoms with Crippen molar-refractivity contribution in [1.29, 1.82) is 0 Å². The first-order valence-corrected chi connectivity index (χ1v) is 14.1. The summed E-state index contributed by atoms with van der Waals surface area (Å²) in [6.07, 6.45) is 5.63. The van der Waals surface area contributed by atoms with E-state index in [0.29, 0.717) is 42.0 Å². The summed E-state index contributed by atoms with van der Waals surface area (Å²) in [6.45, 7) is 4.14. The molecule has 0 aliphatic rings. The standard InChI is InChI=1S/C24H30Cl2FN7O2S/c1-14-21(15(2)33-32-14)16-8-9-20(30-22(16)27)31-23(35)17(6-4-7-19(25)26)29-24(36)18-10-11-28-34(18)12-5-13-37-3/h8-11,17,19H,4-7,12-13H2,1-3H3,(H,29,36)(H,32,33)(H,30,31,35)/t17-/m0/s1. The summed E-state index contributed by atoms with van der Waals surface area (Å²) in [5.74, 6) is -0.744. The fraction of sp³-hybridized carbons (Fsp3) is 0.458. The van der Waals surface area contributed by atoms with Crippen LogP contribution in [0, 0.1) is 19.8 Å². The minimum atomic E-state index is -0.919. The molecule has 2 amide bonds. The van der Waals surface area contributed by atoms with Crippen LogP contribution in [0.1, 0.15) is 47.6 Å². The van der Waals surface area contributed by atoms with Crippen molar-refractivity contribution in [3.05, 3.63) is 47.4 Å². The monoisotopic (exact) mass is 569 g/mol. The molecule has 13 heteroatoms. The zero-order valence-electron chi connectivity index (χ0n) is 20.9. The third-order valence-corrected chi connectivity index (χ3v) is 6.84. The number of carbonyl (C=O) groups excluding carboxylic acids is 2. The van der Waals surface area contributed by atoms with E-state index in [1.54, 1.807) is 42.6 Å². The molecule has 0 saturated heterocycles. The molecule has 0 fully saturated rings. The van der Waals surface area contributed by atoms with Crippen LogP contribution in [-0.2, 0) is 11.3 Å². The minimum Gasteiger partial charge on any atom is -0.339 e. The van der Waals surface area contributed by atoms with E-state index in [0.717, 1.165) is 12.2 Å². The molecule has 200 valence electrons. The van der Waals surface area contributed by atoms with E-state index in [1.165, 1.54) is 12.1 Å². The molecule has 0 aliphatic heterocycles. The number of amides is 2. The van der Waals surface area contributed by atoms with Crippen molar-refractivity contribution >= 4 is 52.6 Å². The Morgan fingerprint density at radius 3 is 2.62 bits per heavy atom. The SMILES string of the molecule is CSCCCn1nccc1C(=O)N[C@@H](CCCC(Cl)Cl)C(=O)Nc1ccc(-c2c(C)n[nH]c2C)c(F)n1. The Kier molecular flexibility index (Phi) is 10.8. The van der Waals surface area contributed by atoms with Gasteiger partial charge < -0.3 is 10.6 Å². The smallest absolute Gasteiger partial charge is 0.270 e. The summed E-state index contributed by atoms with van der Waals surface area (Å²) < 4.78 is 16.5. The van der Waals surface area contributed by atoms with E-state index in [2.05, 4.69) is 30.9 Å². The van der Waals surface area contributed by atoms with E-state index >= 15 is 0 Å². The van der Waals surface area contributed by atoms with Crippen molar-refractivity contribution in [3.8, 4) is 11.1 Å². The summed E-state index contributed by atoms with van der Waals surface area (Å²) >= 11 is 13.4. The molecule has 1 atom stereocenters. The molecule has 0 saturated carbocycles. The maximum absolute atomic E-state index is 14.9. The molecule has 37 heavy (non-hydrogen) atoms. The maximum Gasteiger partial charge on any atom is 0.270 e. The molecular weight excluding hydrogens is 540 g/mol. The number of aromatic amines is 1. The third kappa shape index (κ3) is 7.93. The molecule has 9 nitrogen and oxygen atoms in total. The third-order valence-electron chi connectivity index (χ3n) is 5.70. The second-order valence-corrected chi connectivity index (χ2v) is 10.7. The highest BCUT2D eigenvalue weighted by Crippen LogP contribution is 2.28. The first kappa shape index (κ1) is 28.9. The topological polar surface area (TPSA) is 118 Å². The molecule has 0 spiro atoms. The van der Waals surface area contributed by atoms with Crippen LogP contribution in [0.2, 0.25) is 0 Å². The number of nitrogens with one attached hydrogen (secondary N) is 3. The second kappa shape index (κ2) is 13.8. The number of alkyl halides is 2. The maximum atomic E-state index is 14.9.